The number of carbonyl (C=O) groups is 1. The predicted molar refractivity (Wildman–Crippen MR) is 64.5 cm³/mol. The van der Waals surface area contributed by atoms with Gasteiger partial charge in [-0.15, -0.1) is 0 Å². The third-order valence-electron chi connectivity index (χ3n) is 2.60. The summed E-state index contributed by atoms with van der Waals surface area (Å²) < 4.78 is 16.5. The van der Waals surface area contributed by atoms with Gasteiger partial charge in [-0.2, -0.15) is 0 Å². The monoisotopic (exact) mass is 242 g/mol. The van der Waals surface area contributed by atoms with E-state index in [0.29, 0.717) is 12.2 Å². The molecule has 98 valence electrons. The van der Waals surface area contributed by atoms with Gasteiger partial charge in [-0.3, -0.25) is 0 Å². The molecule has 17 heavy (non-hydrogen) atoms. The maximum atomic E-state index is 11.5. The van der Waals surface area contributed by atoms with Crippen LogP contribution in [0, 0.1) is 0 Å². The number of rotatable bonds is 3. The van der Waals surface area contributed by atoms with E-state index < -0.39 is 11.4 Å². The highest BCUT2D eigenvalue weighted by Gasteiger charge is 2.46. The van der Waals surface area contributed by atoms with E-state index >= 15 is 0 Å². The number of esters is 1. The molecule has 0 spiro atoms. The van der Waals surface area contributed by atoms with Gasteiger partial charge in [0.05, 0.1) is 12.2 Å². The van der Waals surface area contributed by atoms with Crippen molar-refractivity contribution in [1.29, 1.82) is 0 Å². The first-order valence-electron chi connectivity index (χ1n) is 5.91. The molecular weight excluding hydrogens is 220 g/mol. The van der Waals surface area contributed by atoms with E-state index in [1.807, 2.05) is 27.7 Å². The molecule has 1 aliphatic rings. The molecule has 0 aromatic carbocycles. The van der Waals surface area contributed by atoms with Crippen molar-refractivity contribution in [1.82, 2.24) is 0 Å². The molecular formula is C13H22O4. The fourth-order valence-electron chi connectivity index (χ4n) is 1.94. The number of hydrogen-bond acceptors (Lipinski definition) is 4. The average Bonchev–Trinajstić information content (AvgIpc) is 2.34. The van der Waals surface area contributed by atoms with Crippen LogP contribution in [0.15, 0.2) is 11.6 Å². The van der Waals surface area contributed by atoms with Gasteiger partial charge in [-0.25, -0.2) is 4.79 Å². The standard InChI is InChI=1S/C13H22O4/c1-7-15-11(14)9(2)8-10-12(3,4)17-13(5,6)16-10/h8,10H,7H2,1-6H3/b9-8+/t10-/m0/s1. The Kier molecular flexibility index (Phi) is 3.99. The Labute approximate surface area is 103 Å². The van der Waals surface area contributed by atoms with Gasteiger partial charge >= 0.3 is 5.97 Å². The molecule has 0 amide bonds. The average molecular weight is 242 g/mol. The van der Waals surface area contributed by atoms with E-state index in [-0.39, 0.29) is 12.1 Å². The van der Waals surface area contributed by atoms with E-state index in [2.05, 4.69) is 0 Å². The highest BCUT2D eigenvalue weighted by atomic mass is 16.8. The summed E-state index contributed by atoms with van der Waals surface area (Å²) in [7, 11) is 0. The molecule has 0 radical (unpaired) electrons. The first-order chi connectivity index (χ1) is 7.68. The molecule has 0 aromatic rings. The fourth-order valence-corrected chi connectivity index (χ4v) is 1.94. The Morgan fingerprint density at radius 2 is 1.94 bits per heavy atom. The Balaban J connectivity index is 2.81. The molecule has 0 aromatic heterocycles. The van der Waals surface area contributed by atoms with Gasteiger partial charge in [0, 0.05) is 5.57 Å². The second-order valence-corrected chi connectivity index (χ2v) is 5.21. The summed E-state index contributed by atoms with van der Waals surface area (Å²) >= 11 is 0. The van der Waals surface area contributed by atoms with Crippen LogP contribution < -0.4 is 0 Å². The minimum absolute atomic E-state index is 0.248. The summed E-state index contributed by atoms with van der Waals surface area (Å²) in [6.45, 7) is 11.5. The third-order valence-corrected chi connectivity index (χ3v) is 2.60. The lowest BCUT2D eigenvalue weighted by molar-refractivity contribution is -0.156. The quantitative estimate of drug-likeness (QED) is 0.563. The molecule has 1 aliphatic heterocycles. The predicted octanol–water partition coefficient (Wildman–Crippen LogP) is 2.43. The van der Waals surface area contributed by atoms with Gasteiger partial charge in [-0.1, -0.05) is 0 Å². The van der Waals surface area contributed by atoms with Crippen molar-refractivity contribution in [2.45, 2.75) is 59.0 Å². The van der Waals surface area contributed by atoms with E-state index in [4.69, 9.17) is 14.2 Å². The number of hydrogen-bond donors (Lipinski definition) is 0. The van der Waals surface area contributed by atoms with Crippen molar-refractivity contribution < 1.29 is 19.0 Å². The van der Waals surface area contributed by atoms with Crippen LogP contribution in [0.4, 0.5) is 0 Å². The van der Waals surface area contributed by atoms with Crippen LogP contribution in [0.5, 0.6) is 0 Å². The van der Waals surface area contributed by atoms with E-state index in [9.17, 15) is 4.79 Å². The maximum Gasteiger partial charge on any atom is 0.333 e. The van der Waals surface area contributed by atoms with Crippen LogP contribution in [0.25, 0.3) is 0 Å². The van der Waals surface area contributed by atoms with E-state index in [1.165, 1.54) is 0 Å². The van der Waals surface area contributed by atoms with E-state index in [0.717, 1.165) is 0 Å². The van der Waals surface area contributed by atoms with Crippen molar-refractivity contribution >= 4 is 5.97 Å². The topological polar surface area (TPSA) is 44.8 Å². The molecule has 0 aliphatic carbocycles. The van der Waals surface area contributed by atoms with Crippen molar-refractivity contribution in [3.05, 3.63) is 11.6 Å². The highest BCUT2D eigenvalue weighted by molar-refractivity contribution is 5.87. The summed E-state index contributed by atoms with van der Waals surface area (Å²) in [6.07, 6.45) is 1.52. The second kappa shape index (κ2) is 4.78. The molecule has 0 N–H and O–H groups in total. The molecule has 0 saturated carbocycles. The Morgan fingerprint density at radius 3 is 2.35 bits per heavy atom. The van der Waals surface area contributed by atoms with Gasteiger partial charge < -0.3 is 14.2 Å². The van der Waals surface area contributed by atoms with Crippen LogP contribution in [-0.2, 0) is 19.0 Å². The van der Waals surface area contributed by atoms with Crippen molar-refractivity contribution in [3.8, 4) is 0 Å². The molecule has 0 unspecified atom stereocenters. The molecule has 1 saturated heterocycles. The molecule has 1 fully saturated rings. The van der Waals surface area contributed by atoms with Gasteiger partial charge in [0.15, 0.2) is 5.79 Å². The van der Waals surface area contributed by atoms with Crippen molar-refractivity contribution in [2.75, 3.05) is 6.61 Å². The molecule has 4 nitrogen and oxygen atoms in total. The van der Waals surface area contributed by atoms with Crippen molar-refractivity contribution in [2.24, 2.45) is 0 Å². The summed E-state index contributed by atoms with van der Waals surface area (Å²) in [5.74, 6) is -0.934. The minimum atomic E-state index is -0.625. The van der Waals surface area contributed by atoms with Crippen LogP contribution in [0.2, 0.25) is 0 Å². The Hall–Kier alpha value is -0.870. The maximum absolute atomic E-state index is 11.5. The summed E-state index contributed by atoms with van der Waals surface area (Å²) in [5.41, 5.74) is 0.100. The SMILES string of the molecule is CCOC(=O)/C(C)=C/[C@@H]1OC(C)(C)OC1(C)C. The largest absolute Gasteiger partial charge is 0.463 e. The van der Waals surface area contributed by atoms with E-state index in [1.54, 1.807) is 19.9 Å². The third kappa shape index (κ3) is 3.54. The minimum Gasteiger partial charge on any atom is -0.463 e. The zero-order chi connectivity index (χ0) is 13.3. The molecule has 1 heterocycles. The smallest absolute Gasteiger partial charge is 0.333 e. The van der Waals surface area contributed by atoms with Gasteiger partial charge in [0.1, 0.15) is 6.10 Å². The summed E-state index contributed by atoms with van der Waals surface area (Å²) in [4.78, 5) is 11.5. The number of carbonyl (C=O) groups excluding carboxylic acids is 1. The van der Waals surface area contributed by atoms with Gasteiger partial charge in [-0.05, 0) is 47.6 Å². The molecule has 4 heteroatoms. The first-order valence-corrected chi connectivity index (χ1v) is 5.91. The Morgan fingerprint density at radius 1 is 1.35 bits per heavy atom. The zero-order valence-electron chi connectivity index (χ0n) is 11.5. The molecule has 1 atom stereocenters. The fraction of sp³-hybridized carbons (Fsp3) is 0.769. The van der Waals surface area contributed by atoms with Crippen LogP contribution in [0.1, 0.15) is 41.5 Å². The Bertz CT molecular complexity index is 328. The van der Waals surface area contributed by atoms with Crippen LogP contribution >= 0.6 is 0 Å². The van der Waals surface area contributed by atoms with Crippen LogP contribution in [-0.4, -0.2) is 30.1 Å². The normalized spacial score (nSPS) is 26.9. The number of ether oxygens (including phenoxy) is 3. The lowest BCUT2D eigenvalue weighted by Gasteiger charge is -2.22. The molecule has 0 bridgehead atoms. The second-order valence-electron chi connectivity index (χ2n) is 5.21. The lowest BCUT2D eigenvalue weighted by atomic mass is 10.00. The summed E-state index contributed by atoms with van der Waals surface area (Å²) in [6, 6.07) is 0. The molecule has 1 rings (SSSR count). The van der Waals surface area contributed by atoms with Crippen molar-refractivity contribution in [3.63, 3.8) is 0 Å². The van der Waals surface area contributed by atoms with Gasteiger partial charge in [0.25, 0.3) is 0 Å². The van der Waals surface area contributed by atoms with Crippen LogP contribution in [0.3, 0.4) is 0 Å². The van der Waals surface area contributed by atoms with Gasteiger partial charge in [0.2, 0.25) is 0 Å². The lowest BCUT2D eigenvalue weighted by Crippen LogP contribution is -2.32. The highest BCUT2D eigenvalue weighted by Crippen LogP contribution is 2.36. The first kappa shape index (κ1) is 14.2. The zero-order valence-corrected chi connectivity index (χ0v) is 11.5. The summed E-state index contributed by atoms with van der Waals surface area (Å²) in [5, 5.41) is 0.